The summed E-state index contributed by atoms with van der Waals surface area (Å²) in [5, 5.41) is 9.85. The lowest BCUT2D eigenvalue weighted by Crippen LogP contribution is -2.44. The molecule has 2 aliphatic rings. The van der Waals surface area contributed by atoms with Crippen LogP contribution < -0.4 is 4.74 Å². The molecule has 1 aromatic carbocycles. The SMILES string of the molecule is N#CC1(c2ccccc2)CCN(C(=O)c2cccnc2O[C@H]2CCOC2)CC1. The highest BCUT2D eigenvalue weighted by atomic mass is 16.5. The normalized spacial score (nSPS) is 21.1. The van der Waals surface area contributed by atoms with Crippen LogP contribution in [-0.2, 0) is 10.2 Å². The number of nitrogens with zero attached hydrogens (tertiary/aromatic N) is 3. The van der Waals surface area contributed by atoms with E-state index in [4.69, 9.17) is 9.47 Å². The number of piperidine rings is 1. The molecule has 0 aliphatic carbocycles. The molecule has 2 fully saturated rings. The molecule has 0 saturated carbocycles. The van der Waals surface area contributed by atoms with E-state index in [1.807, 2.05) is 30.3 Å². The molecule has 0 N–H and O–H groups in total. The third-order valence-corrected chi connectivity index (χ3v) is 5.61. The second-order valence-electron chi connectivity index (χ2n) is 7.31. The molecular weight excluding hydrogens is 354 g/mol. The van der Waals surface area contributed by atoms with Gasteiger partial charge in [-0.05, 0) is 30.5 Å². The topological polar surface area (TPSA) is 75.5 Å². The van der Waals surface area contributed by atoms with Gasteiger partial charge in [-0.3, -0.25) is 4.79 Å². The van der Waals surface area contributed by atoms with Crippen molar-refractivity contribution >= 4 is 5.91 Å². The molecule has 0 radical (unpaired) electrons. The lowest BCUT2D eigenvalue weighted by molar-refractivity contribution is 0.0681. The number of nitriles is 1. The van der Waals surface area contributed by atoms with Crippen molar-refractivity contribution in [1.82, 2.24) is 9.88 Å². The molecule has 1 aromatic heterocycles. The number of rotatable bonds is 4. The standard InChI is InChI=1S/C22H23N3O3/c23-16-22(17-5-2-1-3-6-17)9-12-25(13-10-22)21(26)19-7-4-11-24-20(19)28-18-8-14-27-15-18/h1-7,11,18H,8-10,12-15H2/t18-/m0/s1. The predicted molar refractivity (Wildman–Crippen MR) is 103 cm³/mol. The molecule has 0 spiro atoms. The number of ether oxygens (including phenoxy) is 2. The van der Waals surface area contributed by atoms with Gasteiger partial charge in [0.1, 0.15) is 11.7 Å². The molecule has 144 valence electrons. The summed E-state index contributed by atoms with van der Waals surface area (Å²) in [4.78, 5) is 19.2. The second kappa shape index (κ2) is 7.99. The van der Waals surface area contributed by atoms with Crippen LogP contribution in [0.2, 0.25) is 0 Å². The first-order chi connectivity index (χ1) is 13.7. The number of likely N-dealkylation sites (tertiary alicyclic amines) is 1. The van der Waals surface area contributed by atoms with Crippen LogP contribution >= 0.6 is 0 Å². The predicted octanol–water partition coefficient (Wildman–Crippen LogP) is 2.95. The fourth-order valence-corrected chi connectivity index (χ4v) is 3.90. The van der Waals surface area contributed by atoms with Crippen molar-refractivity contribution in [2.75, 3.05) is 26.3 Å². The Bertz CT molecular complexity index is 864. The van der Waals surface area contributed by atoms with E-state index in [1.165, 1.54) is 0 Å². The summed E-state index contributed by atoms with van der Waals surface area (Å²) in [6.45, 7) is 2.25. The Morgan fingerprint density at radius 3 is 2.68 bits per heavy atom. The van der Waals surface area contributed by atoms with Gasteiger partial charge in [0, 0.05) is 25.7 Å². The summed E-state index contributed by atoms with van der Waals surface area (Å²) in [5.74, 6) is 0.268. The zero-order chi connectivity index (χ0) is 19.4. The average molecular weight is 377 g/mol. The van der Waals surface area contributed by atoms with E-state index in [9.17, 15) is 10.1 Å². The van der Waals surface area contributed by atoms with Crippen molar-refractivity contribution in [2.45, 2.75) is 30.8 Å². The molecule has 0 bridgehead atoms. The minimum absolute atomic E-state index is 0.0628. The van der Waals surface area contributed by atoms with Crippen LogP contribution in [0.3, 0.4) is 0 Å². The van der Waals surface area contributed by atoms with Crippen LogP contribution in [-0.4, -0.2) is 48.2 Å². The molecule has 6 nitrogen and oxygen atoms in total. The minimum atomic E-state index is -0.534. The van der Waals surface area contributed by atoms with Gasteiger partial charge in [0.05, 0.1) is 24.7 Å². The van der Waals surface area contributed by atoms with Crippen molar-refractivity contribution in [3.63, 3.8) is 0 Å². The van der Waals surface area contributed by atoms with Crippen LogP contribution in [0.25, 0.3) is 0 Å². The van der Waals surface area contributed by atoms with Gasteiger partial charge in [-0.25, -0.2) is 4.98 Å². The first-order valence-corrected chi connectivity index (χ1v) is 9.67. The summed E-state index contributed by atoms with van der Waals surface area (Å²) in [5.41, 5.74) is 0.961. The largest absolute Gasteiger partial charge is 0.471 e. The number of pyridine rings is 1. The van der Waals surface area contributed by atoms with Crippen LogP contribution in [0.5, 0.6) is 5.88 Å². The smallest absolute Gasteiger partial charge is 0.259 e. The van der Waals surface area contributed by atoms with Gasteiger partial charge in [-0.1, -0.05) is 30.3 Å². The lowest BCUT2D eigenvalue weighted by Gasteiger charge is -2.37. The van der Waals surface area contributed by atoms with Crippen LogP contribution in [0.15, 0.2) is 48.7 Å². The number of aromatic nitrogens is 1. The zero-order valence-electron chi connectivity index (χ0n) is 15.7. The highest BCUT2D eigenvalue weighted by molar-refractivity contribution is 5.96. The van der Waals surface area contributed by atoms with Crippen molar-refractivity contribution in [3.8, 4) is 11.9 Å². The highest BCUT2D eigenvalue weighted by Crippen LogP contribution is 2.35. The van der Waals surface area contributed by atoms with Gasteiger partial charge in [0.2, 0.25) is 5.88 Å². The van der Waals surface area contributed by atoms with Gasteiger partial charge in [0.25, 0.3) is 5.91 Å². The number of hydrogen-bond acceptors (Lipinski definition) is 5. The van der Waals surface area contributed by atoms with Crippen LogP contribution in [0.4, 0.5) is 0 Å². The van der Waals surface area contributed by atoms with E-state index in [0.29, 0.717) is 50.6 Å². The van der Waals surface area contributed by atoms with Gasteiger partial charge in [-0.2, -0.15) is 5.26 Å². The van der Waals surface area contributed by atoms with E-state index in [0.717, 1.165) is 12.0 Å². The van der Waals surface area contributed by atoms with Crippen molar-refractivity contribution < 1.29 is 14.3 Å². The first kappa shape index (κ1) is 18.5. The maximum absolute atomic E-state index is 13.1. The summed E-state index contributed by atoms with van der Waals surface area (Å²) < 4.78 is 11.3. The van der Waals surface area contributed by atoms with Crippen molar-refractivity contribution in [1.29, 1.82) is 5.26 Å². The fourth-order valence-electron chi connectivity index (χ4n) is 3.90. The second-order valence-corrected chi connectivity index (χ2v) is 7.31. The molecule has 2 aliphatic heterocycles. The Morgan fingerprint density at radius 2 is 2.00 bits per heavy atom. The van der Waals surface area contributed by atoms with Crippen LogP contribution in [0, 0.1) is 11.3 Å². The van der Waals surface area contributed by atoms with Gasteiger partial charge < -0.3 is 14.4 Å². The number of carbonyl (C=O) groups excluding carboxylic acids is 1. The van der Waals surface area contributed by atoms with Gasteiger partial charge in [0.15, 0.2) is 0 Å². The van der Waals surface area contributed by atoms with Gasteiger partial charge >= 0.3 is 0 Å². The zero-order valence-corrected chi connectivity index (χ0v) is 15.7. The van der Waals surface area contributed by atoms with E-state index in [1.54, 1.807) is 23.2 Å². The molecule has 3 heterocycles. The monoisotopic (exact) mass is 377 g/mol. The maximum atomic E-state index is 13.1. The molecule has 2 aromatic rings. The van der Waals surface area contributed by atoms with Crippen molar-refractivity contribution in [2.24, 2.45) is 0 Å². The Morgan fingerprint density at radius 1 is 1.21 bits per heavy atom. The first-order valence-electron chi connectivity index (χ1n) is 9.67. The number of carbonyl (C=O) groups is 1. The average Bonchev–Trinajstić information content (AvgIpc) is 3.27. The van der Waals surface area contributed by atoms with E-state index >= 15 is 0 Å². The Labute approximate surface area is 164 Å². The van der Waals surface area contributed by atoms with E-state index in [2.05, 4.69) is 11.1 Å². The maximum Gasteiger partial charge on any atom is 0.259 e. The lowest BCUT2D eigenvalue weighted by atomic mass is 9.74. The molecule has 1 atom stereocenters. The van der Waals surface area contributed by atoms with E-state index < -0.39 is 5.41 Å². The molecule has 0 unspecified atom stereocenters. The Kier molecular flexibility index (Phi) is 5.27. The summed E-state index contributed by atoms with van der Waals surface area (Å²) >= 11 is 0. The minimum Gasteiger partial charge on any atom is -0.471 e. The van der Waals surface area contributed by atoms with E-state index in [-0.39, 0.29) is 12.0 Å². The number of hydrogen-bond donors (Lipinski definition) is 0. The summed E-state index contributed by atoms with van der Waals surface area (Å²) in [7, 11) is 0. The molecule has 4 rings (SSSR count). The summed E-state index contributed by atoms with van der Waals surface area (Å²) in [6.07, 6.45) is 3.61. The Hall–Kier alpha value is -2.91. The molecule has 28 heavy (non-hydrogen) atoms. The quantitative estimate of drug-likeness (QED) is 0.819. The molecular formula is C22H23N3O3. The third kappa shape index (κ3) is 3.58. The Balaban J connectivity index is 1.48. The van der Waals surface area contributed by atoms with Crippen LogP contribution in [0.1, 0.15) is 35.2 Å². The summed E-state index contributed by atoms with van der Waals surface area (Å²) in [6, 6.07) is 15.9. The molecule has 1 amide bonds. The highest BCUT2D eigenvalue weighted by Gasteiger charge is 2.38. The number of amides is 1. The molecule has 6 heteroatoms. The third-order valence-electron chi connectivity index (χ3n) is 5.61. The fraction of sp³-hybridized carbons (Fsp3) is 0.409. The molecule has 2 saturated heterocycles. The van der Waals surface area contributed by atoms with Gasteiger partial charge in [-0.15, -0.1) is 0 Å². The van der Waals surface area contributed by atoms with Crippen molar-refractivity contribution in [3.05, 3.63) is 59.8 Å². The number of benzene rings is 1.